The van der Waals surface area contributed by atoms with E-state index in [0.29, 0.717) is 0 Å². The molecule has 0 aromatic carbocycles. The van der Waals surface area contributed by atoms with Crippen LogP contribution < -0.4 is 5.32 Å². The molecule has 1 N–H and O–H groups in total. The smallest absolute Gasteiger partial charge is 0.236 e. The Morgan fingerprint density at radius 3 is 2.65 bits per heavy atom. The van der Waals surface area contributed by atoms with E-state index in [4.69, 9.17) is 0 Å². The lowest BCUT2D eigenvalue weighted by molar-refractivity contribution is -0.138. The minimum atomic E-state index is -0.228. The molecule has 1 amide bonds. The Morgan fingerprint density at radius 1 is 1.47 bits per heavy atom. The topological polar surface area (TPSA) is 64.0 Å². The fraction of sp³-hybridized carbons (Fsp3) is 0.583. The van der Waals surface area contributed by atoms with Crippen molar-refractivity contribution >= 4 is 11.8 Å². The molecular weight excluding hydrogens is 218 g/mol. The van der Waals surface area contributed by atoms with Crippen LogP contribution in [0.2, 0.25) is 0 Å². The Kier molecular flexibility index (Phi) is 3.00. The molecule has 2 heterocycles. The van der Waals surface area contributed by atoms with Gasteiger partial charge in [-0.05, 0) is 5.92 Å². The first-order chi connectivity index (χ1) is 8.02. The summed E-state index contributed by atoms with van der Waals surface area (Å²) in [6.07, 6.45) is 4.69. The van der Waals surface area contributed by atoms with E-state index in [1.54, 1.807) is 12.4 Å². The largest absolute Gasteiger partial charge is 0.351 e. The zero-order chi connectivity index (χ0) is 12.6. The van der Waals surface area contributed by atoms with Gasteiger partial charge < -0.3 is 5.32 Å². The summed E-state index contributed by atoms with van der Waals surface area (Å²) >= 11 is 0. The van der Waals surface area contributed by atoms with Gasteiger partial charge in [0.2, 0.25) is 11.8 Å². The third kappa shape index (κ3) is 1.97. The first-order valence-corrected chi connectivity index (χ1v) is 5.85. The average Bonchev–Trinajstić information content (AvgIpc) is 2.76. The maximum absolute atomic E-state index is 12.1. The molecule has 5 nitrogen and oxygen atoms in total. The van der Waals surface area contributed by atoms with E-state index < -0.39 is 0 Å². The van der Waals surface area contributed by atoms with Gasteiger partial charge in [0.25, 0.3) is 0 Å². The van der Waals surface area contributed by atoms with Crippen molar-refractivity contribution in [1.82, 2.24) is 14.9 Å². The van der Waals surface area contributed by atoms with Crippen LogP contribution in [0.5, 0.6) is 0 Å². The average molecular weight is 235 g/mol. The molecule has 1 aromatic rings. The van der Waals surface area contributed by atoms with E-state index in [-0.39, 0.29) is 35.6 Å². The molecule has 5 heteroatoms. The lowest BCUT2D eigenvalue weighted by Gasteiger charge is -2.42. The quantitative estimate of drug-likeness (QED) is 0.793. The Bertz CT molecular complexity index is 425. The standard InChI is InChI=1S/C12H17N3O2/c1-7(2)9-10(14-11(9)16)8(3)12(17)15-5-4-13-6-15/h4-10H,1-3H3,(H,14,16)/t8-,9-,10-/m1/s1. The Balaban J connectivity index is 2.09. The monoisotopic (exact) mass is 235 g/mol. The van der Waals surface area contributed by atoms with Crippen LogP contribution in [0.15, 0.2) is 18.7 Å². The van der Waals surface area contributed by atoms with Crippen molar-refractivity contribution in [2.45, 2.75) is 26.8 Å². The third-order valence-corrected chi connectivity index (χ3v) is 3.40. The minimum Gasteiger partial charge on any atom is -0.351 e. The van der Waals surface area contributed by atoms with E-state index in [2.05, 4.69) is 10.3 Å². The van der Waals surface area contributed by atoms with Crippen LogP contribution in [0.1, 0.15) is 25.6 Å². The van der Waals surface area contributed by atoms with Crippen molar-refractivity contribution in [3.63, 3.8) is 0 Å². The van der Waals surface area contributed by atoms with Crippen LogP contribution in [0.4, 0.5) is 0 Å². The number of amides is 1. The molecule has 1 aliphatic rings. The highest BCUT2D eigenvalue weighted by Gasteiger charge is 2.46. The zero-order valence-electron chi connectivity index (χ0n) is 10.3. The number of carbonyl (C=O) groups is 2. The Morgan fingerprint density at radius 2 is 2.18 bits per heavy atom. The first-order valence-electron chi connectivity index (χ1n) is 5.85. The predicted molar refractivity (Wildman–Crippen MR) is 62.3 cm³/mol. The molecule has 0 aliphatic carbocycles. The second-order valence-electron chi connectivity index (χ2n) is 4.90. The van der Waals surface area contributed by atoms with Crippen LogP contribution in [-0.4, -0.2) is 27.4 Å². The van der Waals surface area contributed by atoms with E-state index in [1.165, 1.54) is 10.9 Å². The number of nitrogens with zero attached hydrogens (tertiary/aromatic N) is 2. The second kappa shape index (κ2) is 4.31. The molecule has 92 valence electrons. The van der Waals surface area contributed by atoms with Gasteiger partial charge in [0, 0.05) is 12.4 Å². The van der Waals surface area contributed by atoms with E-state index in [0.717, 1.165) is 0 Å². The van der Waals surface area contributed by atoms with Gasteiger partial charge in [-0.3, -0.25) is 14.2 Å². The van der Waals surface area contributed by atoms with Crippen molar-refractivity contribution in [1.29, 1.82) is 0 Å². The number of imidazole rings is 1. The van der Waals surface area contributed by atoms with Crippen molar-refractivity contribution in [2.24, 2.45) is 17.8 Å². The molecule has 0 radical (unpaired) electrons. The van der Waals surface area contributed by atoms with E-state index in [1.807, 2.05) is 20.8 Å². The summed E-state index contributed by atoms with van der Waals surface area (Å²) in [7, 11) is 0. The van der Waals surface area contributed by atoms with Crippen molar-refractivity contribution < 1.29 is 9.59 Å². The summed E-state index contributed by atoms with van der Waals surface area (Å²) < 4.78 is 1.46. The van der Waals surface area contributed by atoms with Gasteiger partial charge in [0.1, 0.15) is 6.33 Å². The maximum Gasteiger partial charge on any atom is 0.236 e. The summed E-state index contributed by atoms with van der Waals surface area (Å²) in [5.74, 6) is -0.00742. The highest BCUT2D eigenvalue weighted by molar-refractivity contribution is 5.90. The number of aromatic nitrogens is 2. The van der Waals surface area contributed by atoms with Crippen LogP contribution in [0.25, 0.3) is 0 Å². The van der Waals surface area contributed by atoms with Gasteiger partial charge in [-0.15, -0.1) is 0 Å². The highest BCUT2D eigenvalue weighted by Crippen LogP contribution is 2.29. The number of hydrogen-bond acceptors (Lipinski definition) is 3. The highest BCUT2D eigenvalue weighted by atomic mass is 16.2. The summed E-state index contributed by atoms with van der Waals surface area (Å²) in [5, 5.41) is 2.82. The van der Waals surface area contributed by atoms with Crippen LogP contribution in [0, 0.1) is 17.8 Å². The molecule has 1 fully saturated rings. The van der Waals surface area contributed by atoms with Crippen molar-refractivity contribution in [3.05, 3.63) is 18.7 Å². The number of carbonyl (C=O) groups excluding carboxylic acids is 2. The first kappa shape index (κ1) is 11.8. The number of β-lactam (4-membered cyclic amide) rings is 1. The lowest BCUT2D eigenvalue weighted by atomic mass is 9.75. The molecule has 0 saturated carbocycles. The Labute approximate surface area is 100 Å². The summed E-state index contributed by atoms with van der Waals surface area (Å²) in [6, 6.07) is -0.0580. The molecule has 0 spiro atoms. The van der Waals surface area contributed by atoms with Crippen LogP contribution >= 0.6 is 0 Å². The zero-order valence-corrected chi connectivity index (χ0v) is 10.3. The molecular formula is C12H17N3O2. The molecule has 0 unspecified atom stereocenters. The van der Waals surface area contributed by atoms with Crippen molar-refractivity contribution in [3.8, 4) is 0 Å². The lowest BCUT2D eigenvalue weighted by Crippen LogP contribution is -2.64. The second-order valence-corrected chi connectivity index (χ2v) is 4.90. The van der Waals surface area contributed by atoms with E-state index in [9.17, 15) is 9.59 Å². The summed E-state index contributed by atoms with van der Waals surface area (Å²) in [4.78, 5) is 27.4. The van der Waals surface area contributed by atoms with Gasteiger partial charge in [-0.1, -0.05) is 20.8 Å². The number of rotatable bonds is 3. The number of hydrogen-bond donors (Lipinski definition) is 1. The fourth-order valence-electron chi connectivity index (χ4n) is 2.35. The fourth-order valence-corrected chi connectivity index (χ4v) is 2.35. The molecule has 1 aliphatic heterocycles. The molecule has 0 bridgehead atoms. The van der Waals surface area contributed by atoms with Gasteiger partial charge in [0.05, 0.1) is 17.9 Å². The van der Waals surface area contributed by atoms with E-state index >= 15 is 0 Å². The number of nitrogens with one attached hydrogen (secondary N) is 1. The predicted octanol–water partition coefficient (Wildman–Crippen LogP) is 0.930. The van der Waals surface area contributed by atoms with Crippen LogP contribution in [0.3, 0.4) is 0 Å². The normalized spacial score (nSPS) is 25.3. The van der Waals surface area contributed by atoms with Gasteiger partial charge in [-0.25, -0.2) is 4.98 Å². The summed E-state index contributed by atoms with van der Waals surface area (Å²) in [6.45, 7) is 5.86. The minimum absolute atomic E-state index is 0.0295. The molecule has 17 heavy (non-hydrogen) atoms. The summed E-state index contributed by atoms with van der Waals surface area (Å²) in [5.41, 5.74) is 0. The van der Waals surface area contributed by atoms with Gasteiger partial charge in [0.15, 0.2) is 0 Å². The molecule has 1 aromatic heterocycles. The van der Waals surface area contributed by atoms with Gasteiger partial charge in [-0.2, -0.15) is 0 Å². The van der Waals surface area contributed by atoms with Gasteiger partial charge >= 0.3 is 0 Å². The van der Waals surface area contributed by atoms with Crippen molar-refractivity contribution in [2.75, 3.05) is 0 Å². The molecule has 2 rings (SSSR count). The SMILES string of the molecule is CC(C)[C@H]1C(=O)N[C@@H]1[C@@H](C)C(=O)n1ccnc1. The Hall–Kier alpha value is -1.65. The van der Waals surface area contributed by atoms with Crippen LogP contribution in [-0.2, 0) is 4.79 Å². The molecule has 3 atom stereocenters. The maximum atomic E-state index is 12.1. The molecule has 1 saturated heterocycles. The third-order valence-electron chi connectivity index (χ3n) is 3.40.